The summed E-state index contributed by atoms with van der Waals surface area (Å²) in [5, 5.41) is 3.51. The van der Waals surface area contributed by atoms with Crippen LogP contribution in [0.25, 0.3) is 0 Å². The van der Waals surface area contributed by atoms with Gasteiger partial charge in [-0.15, -0.1) is 0 Å². The number of hydrogen-bond acceptors (Lipinski definition) is 7. The Morgan fingerprint density at radius 2 is 2.00 bits per heavy atom. The summed E-state index contributed by atoms with van der Waals surface area (Å²) in [4.78, 5) is 11.1. The Morgan fingerprint density at radius 1 is 1.41 bits per heavy atom. The molecule has 0 saturated carbocycles. The van der Waals surface area contributed by atoms with E-state index in [1.54, 1.807) is 13.8 Å². The third-order valence-electron chi connectivity index (χ3n) is 1.76. The van der Waals surface area contributed by atoms with Gasteiger partial charge in [0, 0.05) is 6.07 Å². The first-order valence-electron chi connectivity index (χ1n) is 5.02. The Labute approximate surface area is 98.6 Å². The molecule has 8 heteroatoms. The summed E-state index contributed by atoms with van der Waals surface area (Å²) in [5.41, 5.74) is -0.0402. The lowest BCUT2D eigenvalue weighted by Gasteiger charge is -2.13. The van der Waals surface area contributed by atoms with Gasteiger partial charge in [0.05, 0.1) is 20.3 Å². The van der Waals surface area contributed by atoms with Crippen molar-refractivity contribution in [2.75, 3.05) is 20.3 Å². The molecular formula is C9H14NO6P. The summed E-state index contributed by atoms with van der Waals surface area (Å²) in [7, 11) is -2.31. The molecule has 0 aliphatic rings. The van der Waals surface area contributed by atoms with Crippen molar-refractivity contribution in [3.8, 4) is 0 Å². The molecule has 1 aromatic rings. The normalized spacial score (nSPS) is 11.5. The number of methoxy groups -OCH3 is 1. The molecule has 96 valence electrons. The second-order valence-corrected chi connectivity index (χ2v) is 4.84. The van der Waals surface area contributed by atoms with Gasteiger partial charge in [0.15, 0.2) is 5.44 Å². The van der Waals surface area contributed by atoms with Crippen LogP contribution in [-0.2, 0) is 18.3 Å². The lowest BCUT2D eigenvalue weighted by atomic mass is 10.5. The van der Waals surface area contributed by atoms with Crippen LogP contribution in [0.5, 0.6) is 0 Å². The molecule has 0 aliphatic heterocycles. The summed E-state index contributed by atoms with van der Waals surface area (Å²) in [5.74, 6) is -0.856. The number of esters is 1. The predicted octanol–water partition coefficient (Wildman–Crippen LogP) is 1.35. The average Bonchev–Trinajstić information content (AvgIpc) is 2.78. The minimum Gasteiger partial charge on any atom is -0.463 e. The molecule has 0 amide bonds. The van der Waals surface area contributed by atoms with Crippen molar-refractivity contribution in [1.29, 1.82) is 0 Å². The van der Waals surface area contributed by atoms with E-state index in [0.717, 1.165) is 0 Å². The van der Waals surface area contributed by atoms with Gasteiger partial charge in [-0.05, 0) is 13.8 Å². The van der Waals surface area contributed by atoms with Gasteiger partial charge in [0.2, 0.25) is 5.76 Å². The molecule has 0 N–H and O–H groups in total. The van der Waals surface area contributed by atoms with Crippen molar-refractivity contribution in [3.63, 3.8) is 0 Å². The lowest BCUT2D eigenvalue weighted by Crippen LogP contribution is -2.11. The van der Waals surface area contributed by atoms with Crippen LogP contribution in [0.3, 0.4) is 0 Å². The zero-order valence-electron chi connectivity index (χ0n) is 9.84. The standard InChI is InChI=1S/C9H14NO6P/c1-4-14-17(12,15-5-2)8-6-7(16-10-8)9(11)13-3/h6H,4-5H2,1-3H3. The van der Waals surface area contributed by atoms with Crippen LogP contribution < -0.4 is 5.44 Å². The van der Waals surface area contributed by atoms with Crippen LogP contribution in [0.4, 0.5) is 0 Å². The summed E-state index contributed by atoms with van der Waals surface area (Å²) in [6.07, 6.45) is 0. The third kappa shape index (κ3) is 3.15. The minimum absolute atomic E-state index is 0.0402. The van der Waals surface area contributed by atoms with E-state index in [9.17, 15) is 9.36 Å². The van der Waals surface area contributed by atoms with Crippen LogP contribution in [0.15, 0.2) is 10.6 Å². The maximum absolute atomic E-state index is 12.2. The van der Waals surface area contributed by atoms with Gasteiger partial charge < -0.3 is 18.3 Å². The van der Waals surface area contributed by atoms with E-state index in [-0.39, 0.29) is 24.4 Å². The first kappa shape index (κ1) is 13.9. The molecule has 1 heterocycles. The van der Waals surface area contributed by atoms with Gasteiger partial charge >= 0.3 is 13.6 Å². The molecule has 0 saturated heterocycles. The molecule has 1 aromatic heterocycles. The molecule has 0 aromatic carbocycles. The van der Waals surface area contributed by atoms with Gasteiger partial charge in [-0.3, -0.25) is 4.57 Å². The number of nitrogens with zero attached hydrogens (tertiary/aromatic N) is 1. The maximum Gasteiger partial charge on any atom is 0.383 e. The zero-order chi connectivity index (χ0) is 12.9. The summed E-state index contributed by atoms with van der Waals surface area (Å²) >= 11 is 0. The molecular weight excluding hydrogens is 249 g/mol. The number of carbonyl (C=O) groups excluding carboxylic acids is 1. The van der Waals surface area contributed by atoms with Gasteiger partial charge in [-0.2, -0.15) is 0 Å². The van der Waals surface area contributed by atoms with E-state index in [0.29, 0.717) is 0 Å². The molecule has 0 aliphatic carbocycles. The first-order valence-corrected chi connectivity index (χ1v) is 6.56. The maximum atomic E-state index is 12.2. The molecule has 0 fully saturated rings. The Kier molecular flexibility index (Phi) is 4.86. The fourth-order valence-corrected chi connectivity index (χ4v) is 2.54. The number of carbonyl (C=O) groups is 1. The van der Waals surface area contributed by atoms with Crippen LogP contribution >= 0.6 is 7.60 Å². The van der Waals surface area contributed by atoms with E-state index < -0.39 is 13.6 Å². The van der Waals surface area contributed by atoms with Gasteiger partial charge in [-0.25, -0.2) is 4.79 Å². The second kappa shape index (κ2) is 5.95. The molecule has 0 spiro atoms. The lowest BCUT2D eigenvalue weighted by molar-refractivity contribution is 0.0554. The Balaban J connectivity index is 3.00. The Morgan fingerprint density at radius 3 is 2.47 bits per heavy atom. The van der Waals surface area contributed by atoms with Crippen molar-refractivity contribution >= 4 is 19.0 Å². The minimum atomic E-state index is -3.51. The number of ether oxygens (including phenoxy) is 1. The molecule has 1 rings (SSSR count). The zero-order valence-corrected chi connectivity index (χ0v) is 10.7. The molecule has 17 heavy (non-hydrogen) atoms. The molecule has 0 radical (unpaired) electrons. The largest absolute Gasteiger partial charge is 0.463 e. The van der Waals surface area contributed by atoms with Crippen LogP contribution in [-0.4, -0.2) is 31.4 Å². The van der Waals surface area contributed by atoms with Crippen molar-refractivity contribution in [3.05, 3.63) is 11.8 Å². The van der Waals surface area contributed by atoms with Crippen LogP contribution in [0.1, 0.15) is 24.4 Å². The van der Waals surface area contributed by atoms with Gasteiger partial charge in [0.1, 0.15) is 0 Å². The van der Waals surface area contributed by atoms with Crippen molar-refractivity contribution in [2.24, 2.45) is 0 Å². The summed E-state index contributed by atoms with van der Waals surface area (Å²) < 4.78 is 31.4. The fraction of sp³-hybridized carbons (Fsp3) is 0.556. The van der Waals surface area contributed by atoms with Crippen molar-refractivity contribution in [2.45, 2.75) is 13.8 Å². The van der Waals surface area contributed by atoms with E-state index in [2.05, 4.69) is 9.89 Å². The highest BCUT2D eigenvalue weighted by molar-refractivity contribution is 7.61. The smallest absolute Gasteiger partial charge is 0.383 e. The first-order chi connectivity index (χ1) is 8.07. The SMILES string of the molecule is CCOP(=O)(OCC)c1cc(C(=O)OC)on1. The highest BCUT2D eigenvalue weighted by Gasteiger charge is 2.32. The van der Waals surface area contributed by atoms with Crippen molar-refractivity contribution < 1.29 is 27.7 Å². The van der Waals surface area contributed by atoms with E-state index in [1.807, 2.05) is 0 Å². The quantitative estimate of drug-likeness (QED) is 0.565. The average molecular weight is 263 g/mol. The summed E-state index contributed by atoms with van der Waals surface area (Å²) in [6, 6.07) is 1.19. The topological polar surface area (TPSA) is 87.9 Å². The van der Waals surface area contributed by atoms with E-state index in [4.69, 9.17) is 13.6 Å². The summed E-state index contributed by atoms with van der Waals surface area (Å²) in [6.45, 7) is 3.73. The third-order valence-corrected chi connectivity index (χ3v) is 3.73. The molecule has 0 unspecified atom stereocenters. The molecule has 0 atom stereocenters. The molecule has 0 bridgehead atoms. The van der Waals surface area contributed by atoms with Crippen LogP contribution in [0, 0.1) is 0 Å². The predicted molar refractivity (Wildman–Crippen MR) is 58.3 cm³/mol. The van der Waals surface area contributed by atoms with Crippen LogP contribution in [0.2, 0.25) is 0 Å². The van der Waals surface area contributed by atoms with Gasteiger partial charge in [0.25, 0.3) is 0 Å². The van der Waals surface area contributed by atoms with E-state index >= 15 is 0 Å². The van der Waals surface area contributed by atoms with E-state index in [1.165, 1.54) is 13.2 Å². The highest BCUT2D eigenvalue weighted by Crippen LogP contribution is 2.46. The van der Waals surface area contributed by atoms with Gasteiger partial charge in [-0.1, -0.05) is 5.16 Å². The number of hydrogen-bond donors (Lipinski definition) is 0. The number of rotatable bonds is 6. The number of aromatic nitrogens is 1. The second-order valence-electron chi connectivity index (χ2n) is 2.87. The monoisotopic (exact) mass is 263 g/mol. The molecule has 7 nitrogen and oxygen atoms in total. The Bertz CT molecular complexity index is 419. The van der Waals surface area contributed by atoms with Crippen molar-refractivity contribution in [1.82, 2.24) is 5.16 Å². The fourth-order valence-electron chi connectivity index (χ4n) is 1.10. The highest BCUT2D eigenvalue weighted by atomic mass is 31.2. The Hall–Kier alpha value is -1.17.